The molecular formula is C6H11NO3. The molecule has 0 atom stereocenters. The molecule has 0 N–H and O–H groups in total. The molecule has 0 heterocycles. The zero-order valence-corrected chi connectivity index (χ0v) is 5.95. The molecule has 0 aromatic heterocycles. The Labute approximate surface area is 59.6 Å². The van der Waals surface area contributed by atoms with E-state index < -0.39 is 4.92 Å². The molecule has 0 aliphatic rings. The van der Waals surface area contributed by atoms with E-state index in [1.165, 1.54) is 6.08 Å². The van der Waals surface area contributed by atoms with Crippen LogP contribution < -0.4 is 0 Å². The van der Waals surface area contributed by atoms with Gasteiger partial charge in [0.15, 0.2) is 0 Å². The van der Waals surface area contributed by atoms with E-state index in [2.05, 4.69) is 0 Å². The van der Waals surface area contributed by atoms with E-state index in [1.54, 1.807) is 0 Å². The van der Waals surface area contributed by atoms with Crippen LogP contribution in [-0.2, 0) is 4.74 Å². The number of hydrogen-bond donors (Lipinski definition) is 0. The summed E-state index contributed by atoms with van der Waals surface area (Å²) in [6.45, 7) is 3.10. The average molecular weight is 145 g/mol. The summed E-state index contributed by atoms with van der Waals surface area (Å²) < 4.78 is 4.94. The van der Waals surface area contributed by atoms with E-state index in [1.807, 2.05) is 6.92 Å². The van der Waals surface area contributed by atoms with E-state index in [0.29, 0.717) is 19.6 Å². The van der Waals surface area contributed by atoms with Crippen molar-refractivity contribution in [2.75, 3.05) is 13.2 Å². The summed E-state index contributed by atoms with van der Waals surface area (Å²) in [7, 11) is 0. The largest absolute Gasteiger partial charge is 0.381 e. The first-order valence-corrected chi connectivity index (χ1v) is 3.15. The minimum absolute atomic E-state index is 0.480. The van der Waals surface area contributed by atoms with Gasteiger partial charge in [-0.3, -0.25) is 10.1 Å². The summed E-state index contributed by atoms with van der Waals surface area (Å²) in [6.07, 6.45) is 3.02. The summed E-state index contributed by atoms with van der Waals surface area (Å²) in [4.78, 5) is 9.23. The zero-order valence-electron chi connectivity index (χ0n) is 5.95. The fraction of sp³-hybridized carbons (Fsp3) is 0.667. The van der Waals surface area contributed by atoms with Crippen molar-refractivity contribution in [3.05, 3.63) is 22.4 Å². The summed E-state index contributed by atoms with van der Waals surface area (Å²) in [5.74, 6) is 0. The molecule has 0 saturated carbocycles. The molecule has 0 aliphatic carbocycles. The molecule has 4 heteroatoms. The maximum atomic E-state index is 9.71. The Kier molecular flexibility index (Phi) is 5.66. The standard InChI is InChI=1S/C6H11NO3/c1-2-10-6-4-3-5-7(8)9/h3,5H,2,4,6H2,1H3/b5-3+. The third-order valence-corrected chi connectivity index (χ3v) is 0.860. The summed E-state index contributed by atoms with van der Waals surface area (Å²) in [5.41, 5.74) is 0. The van der Waals surface area contributed by atoms with Crippen molar-refractivity contribution >= 4 is 0 Å². The Morgan fingerprint density at radius 3 is 2.90 bits per heavy atom. The highest BCUT2D eigenvalue weighted by atomic mass is 16.6. The molecule has 0 aromatic carbocycles. The van der Waals surface area contributed by atoms with Crippen molar-refractivity contribution in [2.45, 2.75) is 13.3 Å². The van der Waals surface area contributed by atoms with Crippen molar-refractivity contribution < 1.29 is 9.66 Å². The summed E-state index contributed by atoms with van der Waals surface area (Å²) in [6, 6.07) is 0. The SMILES string of the molecule is CCOCC/C=C/[N+](=O)[O-]. The van der Waals surface area contributed by atoms with Gasteiger partial charge in [0.25, 0.3) is 0 Å². The second kappa shape index (κ2) is 6.22. The van der Waals surface area contributed by atoms with Crippen LogP contribution in [0.15, 0.2) is 12.3 Å². The molecule has 0 rings (SSSR count). The molecule has 0 bridgehead atoms. The van der Waals surface area contributed by atoms with Crippen molar-refractivity contribution in [3.8, 4) is 0 Å². The van der Waals surface area contributed by atoms with E-state index in [4.69, 9.17) is 4.74 Å². The average Bonchev–Trinajstić information content (AvgIpc) is 1.87. The maximum absolute atomic E-state index is 9.71. The lowest BCUT2D eigenvalue weighted by atomic mass is 10.4. The predicted octanol–water partition coefficient (Wildman–Crippen LogP) is 1.20. The Morgan fingerprint density at radius 2 is 2.40 bits per heavy atom. The zero-order chi connectivity index (χ0) is 7.82. The van der Waals surface area contributed by atoms with E-state index in [0.717, 1.165) is 6.20 Å². The summed E-state index contributed by atoms with van der Waals surface area (Å²) >= 11 is 0. The van der Waals surface area contributed by atoms with Gasteiger partial charge in [0.1, 0.15) is 0 Å². The second-order valence-electron chi connectivity index (χ2n) is 1.66. The van der Waals surface area contributed by atoms with E-state index in [9.17, 15) is 10.1 Å². The minimum atomic E-state index is -0.480. The van der Waals surface area contributed by atoms with Crippen molar-refractivity contribution in [2.24, 2.45) is 0 Å². The molecule has 4 nitrogen and oxygen atoms in total. The predicted molar refractivity (Wildman–Crippen MR) is 37.2 cm³/mol. The highest BCUT2D eigenvalue weighted by molar-refractivity contribution is 4.71. The highest BCUT2D eigenvalue weighted by Gasteiger charge is 1.84. The Hall–Kier alpha value is -0.900. The van der Waals surface area contributed by atoms with E-state index in [-0.39, 0.29) is 0 Å². The molecule has 0 aromatic rings. The number of rotatable bonds is 5. The van der Waals surface area contributed by atoms with Gasteiger partial charge in [-0.15, -0.1) is 0 Å². The molecule has 0 aliphatic heterocycles. The van der Waals surface area contributed by atoms with Gasteiger partial charge in [-0.05, 0) is 19.4 Å². The van der Waals surface area contributed by atoms with Crippen LogP contribution in [0.4, 0.5) is 0 Å². The smallest absolute Gasteiger partial charge is 0.230 e. The number of nitrogens with zero attached hydrogens (tertiary/aromatic N) is 1. The fourth-order valence-electron chi connectivity index (χ4n) is 0.456. The lowest BCUT2D eigenvalue weighted by molar-refractivity contribution is -0.402. The van der Waals surface area contributed by atoms with E-state index >= 15 is 0 Å². The van der Waals surface area contributed by atoms with Gasteiger partial charge in [0.05, 0.1) is 11.5 Å². The Balaban J connectivity index is 3.10. The molecule has 0 saturated heterocycles. The van der Waals surface area contributed by atoms with Crippen LogP contribution >= 0.6 is 0 Å². The molecule has 0 fully saturated rings. The van der Waals surface area contributed by atoms with Gasteiger partial charge in [-0.25, -0.2) is 0 Å². The number of hydrogen-bond acceptors (Lipinski definition) is 3. The first kappa shape index (κ1) is 9.10. The van der Waals surface area contributed by atoms with Crippen LogP contribution in [0.3, 0.4) is 0 Å². The fourth-order valence-corrected chi connectivity index (χ4v) is 0.456. The van der Waals surface area contributed by atoms with Crippen molar-refractivity contribution in [1.29, 1.82) is 0 Å². The Bertz CT molecular complexity index is 122. The molecule has 0 radical (unpaired) electrons. The van der Waals surface area contributed by atoms with Crippen LogP contribution in [0, 0.1) is 10.1 Å². The van der Waals surface area contributed by atoms with Gasteiger partial charge in [-0.2, -0.15) is 0 Å². The van der Waals surface area contributed by atoms with Gasteiger partial charge in [0, 0.05) is 6.61 Å². The van der Waals surface area contributed by atoms with Crippen LogP contribution in [-0.4, -0.2) is 18.1 Å². The monoisotopic (exact) mass is 145 g/mol. The normalized spacial score (nSPS) is 10.5. The third kappa shape index (κ3) is 7.10. The van der Waals surface area contributed by atoms with Gasteiger partial charge in [0.2, 0.25) is 6.20 Å². The minimum Gasteiger partial charge on any atom is -0.381 e. The van der Waals surface area contributed by atoms with Crippen LogP contribution in [0.5, 0.6) is 0 Å². The van der Waals surface area contributed by atoms with Gasteiger partial charge in [-0.1, -0.05) is 0 Å². The lowest BCUT2D eigenvalue weighted by Crippen LogP contribution is -1.91. The second-order valence-corrected chi connectivity index (χ2v) is 1.66. The number of ether oxygens (including phenoxy) is 1. The quantitative estimate of drug-likeness (QED) is 0.332. The third-order valence-electron chi connectivity index (χ3n) is 0.860. The molecule has 58 valence electrons. The molecule has 0 unspecified atom stereocenters. The van der Waals surface area contributed by atoms with Crippen molar-refractivity contribution in [3.63, 3.8) is 0 Å². The van der Waals surface area contributed by atoms with Crippen LogP contribution in [0.2, 0.25) is 0 Å². The summed E-state index contributed by atoms with van der Waals surface area (Å²) in [5, 5.41) is 9.71. The first-order chi connectivity index (χ1) is 4.77. The molecule has 0 spiro atoms. The van der Waals surface area contributed by atoms with Crippen molar-refractivity contribution in [1.82, 2.24) is 0 Å². The molecule has 0 amide bonds. The van der Waals surface area contributed by atoms with Crippen LogP contribution in [0.1, 0.15) is 13.3 Å². The number of nitro groups is 1. The lowest BCUT2D eigenvalue weighted by Gasteiger charge is -1.92. The first-order valence-electron chi connectivity index (χ1n) is 3.15. The molecule has 10 heavy (non-hydrogen) atoms. The topological polar surface area (TPSA) is 52.4 Å². The van der Waals surface area contributed by atoms with Crippen LogP contribution in [0.25, 0.3) is 0 Å². The van der Waals surface area contributed by atoms with Gasteiger partial charge < -0.3 is 4.74 Å². The highest BCUT2D eigenvalue weighted by Crippen LogP contribution is 1.84. The maximum Gasteiger partial charge on any atom is 0.230 e. The Morgan fingerprint density at radius 1 is 1.70 bits per heavy atom. The van der Waals surface area contributed by atoms with Gasteiger partial charge >= 0.3 is 0 Å². The molecular weight excluding hydrogens is 134 g/mol.